The fraction of sp³-hybridized carbons (Fsp3) is 0.400. The minimum absolute atomic E-state index is 0.446. The molecule has 2 aromatic rings. The number of rotatable bonds is 6. The van der Waals surface area contributed by atoms with E-state index in [0.29, 0.717) is 5.82 Å². The van der Waals surface area contributed by atoms with Gasteiger partial charge in [0, 0.05) is 24.5 Å². The molecule has 0 saturated heterocycles. The second-order valence-electron chi connectivity index (χ2n) is 6.90. The number of benzene rings is 1. The van der Waals surface area contributed by atoms with E-state index in [-0.39, 0.29) is 0 Å². The van der Waals surface area contributed by atoms with E-state index in [1.165, 1.54) is 5.69 Å². The van der Waals surface area contributed by atoms with Gasteiger partial charge in [-0.3, -0.25) is 5.32 Å². The van der Waals surface area contributed by atoms with Gasteiger partial charge >= 0.3 is 6.09 Å². The van der Waals surface area contributed by atoms with Gasteiger partial charge in [0.1, 0.15) is 11.4 Å². The Hall–Kier alpha value is -2.76. The van der Waals surface area contributed by atoms with Crippen molar-refractivity contribution in [2.45, 2.75) is 40.2 Å². The molecule has 140 valence electrons. The van der Waals surface area contributed by atoms with E-state index in [0.717, 1.165) is 24.5 Å². The number of aromatic nitrogens is 1. The van der Waals surface area contributed by atoms with Crippen molar-refractivity contribution >= 4 is 29.0 Å². The highest BCUT2D eigenvalue weighted by Crippen LogP contribution is 2.21. The molecule has 1 aromatic carbocycles. The Labute approximate surface area is 155 Å². The maximum absolute atomic E-state index is 11.7. The second-order valence-corrected chi connectivity index (χ2v) is 6.90. The van der Waals surface area contributed by atoms with Crippen molar-refractivity contribution < 1.29 is 9.53 Å². The molecule has 0 saturated carbocycles. The monoisotopic (exact) mass is 356 g/mol. The fourth-order valence-electron chi connectivity index (χ4n) is 2.46. The average molecular weight is 356 g/mol. The van der Waals surface area contributed by atoms with E-state index in [2.05, 4.69) is 46.5 Å². The van der Waals surface area contributed by atoms with E-state index < -0.39 is 11.7 Å². The van der Waals surface area contributed by atoms with Crippen molar-refractivity contribution in [3.05, 3.63) is 42.6 Å². The van der Waals surface area contributed by atoms with E-state index >= 15 is 0 Å². The fourth-order valence-corrected chi connectivity index (χ4v) is 2.46. The summed E-state index contributed by atoms with van der Waals surface area (Å²) in [6, 6.07) is 11.9. The number of carbonyl (C=O) groups excluding carboxylic acids is 1. The maximum atomic E-state index is 11.7. The number of carbonyl (C=O) groups is 1. The van der Waals surface area contributed by atoms with Crippen LogP contribution in [-0.4, -0.2) is 29.8 Å². The number of hydrogen-bond acceptors (Lipinski definition) is 5. The predicted octanol–water partition coefficient (Wildman–Crippen LogP) is 5.02. The highest BCUT2D eigenvalue weighted by Gasteiger charge is 2.16. The second kappa shape index (κ2) is 8.56. The Morgan fingerprint density at radius 3 is 2.15 bits per heavy atom. The molecule has 6 nitrogen and oxygen atoms in total. The quantitative estimate of drug-likeness (QED) is 0.761. The van der Waals surface area contributed by atoms with Crippen LogP contribution in [0.5, 0.6) is 0 Å². The van der Waals surface area contributed by atoms with E-state index in [1.54, 1.807) is 12.3 Å². The van der Waals surface area contributed by atoms with Crippen LogP contribution in [-0.2, 0) is 4.74 Å². The van der Waals surface area contributed by atoms with E-state index in [4.69, 9.17) is 4.74 Å². The summed E-state index contributed by atoms with van der Waals surface area (Å²) in [4.78, 5) is 18.3. The lowest BCUT2D eigenvalue weighted by molar-refractivity contribution is 0.0635. The van der Waals surface area contributed by atoms with Crippen LogP contribution < -0.4 is 15.5 Å². The van der Waals surface area contributed by atoms with Crippen molar-refractivity contribution in [3.63, 3.8) is 0 Å². The van der Waals surface area contributed by atoms with Gasteiger partial charge in [-0.25, -0.2) is 9.78 Å². The molecule has 0 unspecified atom stereocenters. The van der Waals surface area contributed by atoms with E-state index in [9.17, 15) is 4.79 Å². The lowest BCUT2D eigenvalue weighted by Crippen LogP contribution is -2.27. The zero-order valence-electron chi connectivity index (χ0n) is 16.2. The van der Waals surface area contributed by atoms with Crippen LogP contribution in [0.3, 0.4) is 0 Å². The minimum atomic E-state index is -0.539. The lowest BCUT2D eigenvalue weighted by atomic mass is 10.2. The zero-order chi connectivity index (χ0) is 19.2. The SMILES string of the molecule is CCN(CC)c1ccc(Nc2ccc(NC(=O)OC(C)(C)C)nc2)cc1. The van der Waals surface area contributed by atoms with Crippen molar-refractivity contribution in [1.29, 1.82) is 0 Å². The first-order valence-electron chi connectivity index (χ1n) is 8.89. The van der Waals surface area contributed by atoms with Crippen molar-refractivity contribution in [2.75, 3.05) is 28.6 Å². The molecule has 1 amide bonds. The number of ether oxygens (including phenoxy) is 1. The van der Waals surface area contributed by atoms with Gasteiger partial charge in [-0.15, -0.1) is 0 Å². The van der Waals surface area contributed by atoms with Gasteiger partial charge in [-0.05, 0) is 71.0 Å². The van der Waals surface area contributed by atoms with Crippen LogP contribution in [0.2, 0.25) is 0 Å². The standard InChI is InChI=1S/C20H28N4O2/c1-6-24(7-2)17-11-8-15(9-12-17)22-16-10-13-18(21-14-16)23-19(25)26-20(3,4)5/h8-14,22H,6-7H2,1-5H3,(H,21,23,25). The van der Waals surface area contributed by atoms with Crippen LogP contribution in [0.15, 0.2) is 42.6 Å². The first-order valence-corrected chi connectivity index (χ1v) is 8.89. The molecule has 26 heavy (non-hydrogen) atoms. The van der Waals surface area contributed by atoms with Gasteiger partial charge in [0.25, 0.3) is 0 Å². The molecule has 1 aromatic heterocycles. The summed E-state index contributed by atoms with van der Waals surface area (Å²) >= 11 is 0. The maximum Gasteiger partial charge on any atom is 0.413 e. The minimum Gasteiger partial charge on any atom is -0.444 e. The normalized spacial score (nSPS) is 11.0. The summed E-state index contributed by atoms with van der Waals surface area (Å²) in [5.41, 5.74) is 2.49. The molecular formula is C20H28N4O2. The summed E-state index contributed by atoms with van der Waals surface area (Å²) in [5.74, 6) is 0.446. The Morgan fingerprint density at radius 1 is 1.04 bits per heavy atom. The number of nitrogens with zero attached hydrogens (tertiary/aromatic N) is 2. The number of amides is 1. The highest BCUT2D eigenvalue weighted by atomic mass is 16.6. The number of nitrogens with one attached hydrogen (secondary N) is 2. The Bertz CT molecular complexity index is 702. The van der Waals surface area contributed by atoms with Gasteiger partial charge in [0.05, 0.1) is 11.9 Å². The van der Waals surface area contributed by atoms with Crippen molar-refractivity contribution in [2.24, 2.45) is 0 Å². The number of anilines is 4. The lowest BCUT2D eigenvalue weighted by Gasteiger charge is -2.21. The molecule has 0 aliphatic rings. The molecule has 0 aliphatic heterocycles. The third kappa shape index (κ3) is 5.95. The Kier molecular flexibility index (Phi) is 6.44. The molecule has 0 fully saturated rings. The van der Waals surface area contributed by atoms with Gasteiger partial charge in [0.15, 0.2) is 0 Å². The highest BCUT2D eigenvalue weighted by molar-refractivity contribution is 5.83. The van der Waals surface area contributed by atoms with Crippen LogP contribution in [0.25, 0.3) is 0 Å². The first kappa shape index (κ1) is 19.6. The Balaban J connectivity index is 1.95. The van der Waals surface area contributed by atoms with Crippen molar-refractivity contribution in [3.8, 4) is 0 Å². The molecule has 0 bridgehead atoms. The topological polar surface area (TPSA) is 66.5 Å². The molecule has 2 rings (SSSR count). The smallest absolute Gasteiger partial charge is 0.413 e. The zero-order valence-corrected chi connectivity index (χ0v) is 16.2. The van der Waals surface area contributed by atoms with Gasteiger partial charge in [-0.2, -0.15) is 0 Å². The van der Waals surface area contributed by atoms with Crippen LogP contribution >= 0.6 is 0 Å². The Morgan fingerprint density at radius 2 is 1.65 bits per heavy atom. The van der Waals surface area contributed by atoms with Crippen LogP contribution in [0.4, 0.5) is 27.7 Å². The summed E-state index contributed by atoms with van der Waals surface area (Å²) < 4.78 is 5.21. The summed E-state index contributed by atoms with van der Waals surface area (Å²) in [6.07, 6.45) is 1.16. The first-order chi connectivity index (χ1) is 12.3. The number of hydrogen-bond donors (Lipinski definition) is 2. The van der Waals surface area contributed by atoms with Crippen molar-refractivity contribution in [1.82, 2.24) is 4.98 Å². The largest absolute Gasteiger partial charge is 0.444 e. The van der Waals surface area contributed by atoms with Crippen LogP contribution in [0, 0.1) is 0 Å². The molecule has 0 aliphatic carbocycles. The molecule has 1 heterocycles. The molecule has 0 radical (unpaired) electrons. The molecular weight excluding hydrogens is 328 g/mol. The third-order valence-electron chi connectivity index (χ3n) is 3.68. The van der Waals surface area contributed by atoms with Crippen LogP contribution in [0.1, 0.15) is 34.6 Å². The van der Waals surface area contributed by atoms with Gasteiger partial charge in [-0.1, -0.05) is 0 Å². The summed E-state index contributed by atoms with van der Waals surface area (Å²) in [7, 11) is 0. The van der Waals surface area contributed by atoms with Gasteiger partial charge in [0.2, 0.25) is 0 Å². The molecule has 0 spiro atoms. The predicted molar refractivity (Wildman–Crippen MR) is 107 cm³/mol. The summed E-state index contributed by atoms with van der Waals surface area (Å²) in [6.45, 7) is 11.7. The molecule has 6 heteroatoms. The number of pyridine rings is 1. The summed E-state index contributed by atoms with van der Waals surface area (Å²) in [5, 5.41) is 5.92. The van der Waals surface area contributed by atoms with E-state index in [1.807, 2.05) is 39.0 Å². The third-order valence-corrected chi connectivity index (χ3v) is 3.68. The molecule has 2 N–H and O–H groups in total. The average Bonchev–Trinajstić information content (AvgIpc) is 2.57. The molecule has 0 atom stereocenters. The van der Waals surface area contributed by atoms with Gasteiger partial charge < -0.3 is 15.0 Å².